The summed E-state index contributed by atoms with van der Waals surface area (Å²) in [5.41, 5.74) is 1.79. The van der Waals surface area contributed by atoms with Crippen molar-refractivity contribution in [2.45, 2.75) is 38.5 Å². The first kappa shape index (κ1) is 17.2. The molecule has 1 aromatic heterocycles. The Kier molecular flexibility index (Phi) is 3.86. The maximum Gasteiger partial charge on any atom is 0.241 e. The highest BCUT2D eigenvalue weighted by atomic mass is 35.5. The molecule has 2 amide bonds. The lowest BCUT2D eigenvalue weighted by molar-refractivity contribution is -0.124. The van der Waals surface area contributed by atoms with Crippen molar-refractivity contribution in [1.29, 1.82) is 0 Å². The summed E-state index contributed by atoms with van der Waals surface area (Å²) >= 11 is 12.0. The van der Waals surface area contributed by atoms with Gasteiger partial charge >= 0.3 is 0 Å². The fraction of sp³-hybridized carbons (Fsp3) is 0.421. The molecule has 3 aliphatic heterocycles. The zero-order valence-electron chi connectivity index (χ0n) is 14.6. The Hall–Kier alpha value is -1.89. The monoisotopic (exact) mass is 405 g/mol. The average molecular weight is 406 g/mol. The number of carbonyl (C=O) groups is 2. The zero-order valence-corrected chi connectivity index (χ0v) is 16.1. The van der Waals surface area contributed by atoms with Gasteiger partial charge in [-0.25, -0.2) is 4.90 Å². The van der Waals surface area contributed by atoms with Crippen LogP contribution < -0.4 is 4.90 Å². The molecule has 3 saturated heterocycles. The number of ether oxygens (including phenoxy) is 1. The molecule has 2 bridgehead atoms. The van der Waals surface area contributed by atoms with Gasteiger partial charge in [-0.2, -0.15) is 5.10 Å². The lowest BCUT2D eigenvalue weighted by Crippen LogP contribution is -2.34. The van der Waals surface area contributed by atoms with E-state index in [0.717, 1.165) is 24.1 Å². The molecule has 8 heteroatoms. The summed E-state index contributed by atoms with van der Waals surface area (Å²) in [5.74, 6) is -0.683. The molecule has 3 aliphatic rings. The van der Waals surface area contributed by atoms with Crippen LogP contribution >= 0.6 is 23.2 Å². The molecule has 4 heterocycles. The quantitative estimate of drug-likeness (QED) is 0.735. The summed E-state index contributed by atoms with van der Waals surface area (Å²) in [5, 5.41) is 5.50. The molecule has 1 aromatic carbocycles. The van der Waals surface area contributed by atoms with Crippen LogP contribution in [0.1, 0.15) is 24.1 Å². The third-order valence-electron chi connectivity index (χ3n) is 5.80. The van der Waals surface area contributed by atoms with Gasteiger partial charge in [0.05, 0.1) is 40.6 Å². The number of amides is 2. The number of imide groups is 1. The van der Waals surface area contributed by atoms with Crippen molar-refractivity contribution in [3.8, 4) is 0 Å². The lowest BCUT2D eigenvalue weighted by atomic mass is 9.81. The highest BCUT2D eigenvalue weighted by Gasteiger charge is 2.63. The number of anilines is 1. The predicted molar refractivity (Wildman–Crippen MR) is 99.9 cm³/mol. The van der Waals surface area contributed by atoms with Gasteiger partial charge in [0.2, 0.25) is 11.8 Å². The fourth-order valence-electron chi connectivity index (χ4n) is 4.51. The molecule has 0 unspecified atom stereocenters. The van der Waals surface area contributed by atoms with E-state index in [1.54, 1.807) is 22.9 Å². The summed E-state index contributed by atoms with van der Waals surface area (Å²) < 4.78 is 7.53. The lowest BCUT2D eigenvalue weighted by Gasteiger charge is -2.15. The molecule has 0 N–H and O–H groups in total. The SMILES string of the molecule is Cc1cc(N2C(=O)[C@@H]3[C@H](C2=O)[C@@H]2CC[C@@H]3O2)nn1Cc1ccc(Cl)c(Cl)c1. The highest BCUT2D eigenvalue weighted by molar-refractivity contribution is 6.42. The number of aryl methyl sites for hydroxylation is 1. The van der Waals surface area contributed by atoms with E-state index in [0.29, 0.717) is 22.4 Å². The highest BCUT2D eigenvalue weighted by Crippen LogP contribution is 2.49. The van der Waals surface area contributed by atoms with E-state index in [-0.39, 0.29) is 35.9 Å². The summed E-state index contributed by atoms with van der Waals surface area (Å²) in [6.07, 6.45) is 1.45. The zero-order chi connectivity index (χ0) is 18.9. The van der Waals surface area contributed by atoms with Gasteiger partial charge in [0.1, 0.15) is 0 Å². The first-order valence-electron chi connectivity index (χ1n) is 8.95. The van der Waals surface area contributed by atoms with Crippen LogP contribution in [0.2, 0.25) is 10.0 Å². The van der Waals surface area contributed by atoms with Crippen LogP contribution in [-0.2, 0) is 20.9 Å². The van der Waals surface area contributed by atoms with Crippen LogP contribution in [0.25, 0.3) is 0 Å². The number of nitrogens with zero attached hydrogens (tertiary/aromatic N) is 3. The topological polar surface area (TPSA) is 64.4 Å². The summed E-state index contributed by atoms with van der Waals surface area (Å²) in [6, 6.07) is 7.18. The Labute approximate surface area is 166 Å². The average Bonchev–Trinajstić information content (AvgIpc) is 3.37. The maximum absolute atomic E-state index is 12.9. The minimum atomic E-state index is -0.350. The van der Waals surface area contributed by atoms with E-state index in [1.165, 1.54) is 4.90 Å². The largest absolute Gasteiger partial charge is 0.373 e. The normalized spacial score (nSPS) is 29.1. The molecule has 0 saturated carbocycles. The first-order valence-corrected chi connectivity index (χ1v) is 9.71. The number of fused-ring (bicyclic) bond motifs is 5. The van der Waals surface area contributed by atoms with Crippen LogP contribution in [-0.4, -0.2) is 33.8 Å². The number of hydrogen-bond donors (Lipinski definition) is 0. The van der Waals surface area contributed by atoms with E-state index in [2.05, 4.69) is 5.10 Å². The molecule has 3 fully saturated rings. The smallest absolute Gasteiger partial charge is 0.241 e. The minimum Gasteiger partial charge on any atom is -0.373 e. The van der Waals surface area contributed by atoms with E-state index >= 15 is 0 Å². The van der Waals surface area contributed by atoms with Crippen LogP contribution in [0.4, 0.5) is 5.82 Å². The van der Waals surface area contributed by atoms with Gasteiger partial charge in [-0.15, -0.1) is 0 Å². The van der Waals surface area contributed by atoms with Crippen molar-refractivity contribution >= 4 is 40.8 Å². The fourth-order valence-corrected chi connectivity index (χ4v) is 4.83. The molecule has 27 heavy (non-hydrogen) atoms. The number of rotatable bonds is 3. The van der Waals surface area contributed by atoms with Crippen molar-refractivity contribution in [2.24, 2.45) is 11.8 Å². The molecule has 0 spiro atoms. The maximum atomic E-state index is 12.9. The summed E-state index contributed by atoms with van der Waals surface area (Å²) in [6.45, 7) is 2.37. The molecule has 0 aliphatic carbocycles. The molecule has 5 rings (SSSR count). The van der Waals surface area contributed by atoms with E-state index in [9.17, 15) is 9.59 Å². The van der Waals surface area contributed by atoms with Crippen LogP contribution in [0.15, 0.2) is 24.3 Å². The third-order valence-corrected chi connectivity index (χ3v) is 6.54. The third kappa shape index (κ3) is 2.54. The van der Waals surface area contributed by atoms with E-state index < -0.39 is 0 Å². The van der Waals surface area contributed by atoms with Gasteiger partial charge in [0.15, 0.2) is 5.82 Å². The molecule has 2 aromatic rings. The second-order valence-corrected chi connectivity index (χ2v) is 8.22. The Balaban J connectivity index is 1.43. The van der Waals surface area contributed by atoms with Gasteiger partial charge < -0.3 is 4.74 Å². The summed E-state index contributed by atoms with van der Waals surface area (Å²) in [4.78, 5) is 27.0. The molecule has 140 valence electrons. The van der Waals surface area contributed by atoms with Crippen LogP contribution in [0.5, 0.6) is 0 Å². The number of halogens is 2. The second-order valence-electron chi connectivity index (χ2n) is 7.40. The number of hydrogen-bond acceptors (Lipinski definition) is 4. The van der Waals surface area contributed by atoms with Gasteiger partial charge in [0, 0.05) is 11.8 Å². The minimum absolute atomic E-state index is 0.124. The van der Waals surface area contributed by atoms with Crippen molar-refractivity contribution in [3.05, 3.63) is 45.6 Å². The Morgan fingerprint density at radius 3 is 2.37 bits per heavy atom. The number of aromatic nitrogens is 2. The molecular weight excluding hydrogens is 389 g/mol. The standard InChI is InChI=1S/C19H17Cl2N3O3/c1-9-6-15(22-23(9)8-10-2-3-11(20)12(21)7-10)24-18(25)16-13-4-5-14(27-13)17(16)19(24)26/h2-3,6-7,13-14,16-17H,4-5,8H2,1H3/t13-,14-,16-,17+/m0/s1. The second kappa shape index (κ2) is 6.06. The number of carbonyl (C=O) groups excluding carboxylic acids is 2. The summed E-state index contributed by atoms with van der Waals surface area (Å²) in [7, 11) is 0. The van der Waals surface area contributed by atoms with Crippen LogP contribution in [0, 0.1) is 18.8 Å². The molecule has 6 nitrogen and oxygen atoms in total. The Morgan fingerprint density at radius 2 is 1.74 bits per heavy atom. The van der Waals surface area contributed by atoms with Gasteiger partial charge in [-0.3, -0.25) is 14.3 Å². The Bertz CT molecular complexity index is 945. The van der Waals surface area contributed by atoms with Gasteiger partial charge in [-0.1, -0.05) is 29.3 Å². The van der Waals surface area contributed by atoms with E-state index in [4.69, 9.17) is 27.9 Å². The first-order chi connectivity index (χ1) is 12.9. The van der Waals surface area contributed by atoms with E-state index in [1.807, 2.05) is 13.0 Å². The van der Waals surface area contributed by atoms with Crippen molar-refractivity contribution in [1.82, 2.24) is 9.78 Å². The van der Waals surface area contributed by atoms with Gasteiger partial charge in [0.25, 0.3) is 0 Å². The Morgan fingerprint density at radius 1 is 1.07 bits per heavy atom. The predicted octanol–water partition coefficient (Wildman–Crippen LogP) is 3.21. The van der Waals surface area contributed by atoms with Crippen LogP contribution in [0.3, 0.4) is 0 Å². The van der Waals surface area contributed by atoms with Gasteiger partial charge in [-0.05, 0) is 37.5 Å². The van der Waals surface area contributed by atoms with Crippen molar-refractivity contribution in [2.75, 3.05) is 4.90 Å². The molecular formula is C19H17Cl2N3O3. The van der Waals surface area contributed by atoms with Crippen molar-refractivity contribution in [3.63, 3.8) is 0 Å². The molecule has 0 radical (unpaired) electrons. The number of benzene rings is 1. The van der Waals surface area contributed by atoms with Crippen molar-refractivity contribution < 1.29 is 14.3 Å². The molecule has 4 atom stereocenters.